The zero-order chi connectivity index (χ0) is 13.7. The summed E-state index contributed by atoms with van der Waals surface area (Å²) >= 11 is 2.00. The number of rotatable bonds is 4. The lowest BCUT2D eigenvalue weighted by Crippen LogP contribution is -2.19. The molecule has 18 heavy (non-hydrogen) atoms. The van der Waals surface area contributed by atoms with Gasteiger partial charge in [0.2, 0.25) is 0 Å². The van der Waals surface area contributed by atoms with Crippen molar-refractivity contribution in [2.24, 2.45) is 0 Å². The summed E-state index contributed by atoms with van der Waals surface area (Å²) < 4.78 is 10.9. The number of hydrogen-bond acceptors (Lipinski definition) is 5. The van der Waals surface area contributed by atoms with Gasteiger partial charge in [-0.15, -0.1) is 0 Å². The fourth-order valence-electron chi connectivity index (χ4n) is 1.26. The normalized spacial score (nSPS) is 9.94. The van der Waals surface area contributed by atoms with Crippen LogP contribution in [0, 0.1) is 14.9 Å². The number of carbonyl (C=O) groups excluding carboxylic acids is 1. The van der Waals surface area contributed by atoms with Crippen molar-refractivity contribution in [2.75, 3.05) is 12.3 Å². The van der Waals surface area contributed by atoms with E-state index in [2.05, 4.69) is 0 Å². The van der Waals surface area contributed by atoms with Gasteiger partial charge in [-0.1, -0.05) is 0 Å². The number of benzene rings is 1. The van der Waals surface area contributed by atoms with Gasteiger partial charge in [-0.2, -0.15) is 5.26 Å². The third-order valence-electron chi connectivity index (χ3n) is 1.90. The van der Waals surface area contributed by atoms with Crippen molar-refractivity contribution in [1.82, 2.24) is 0 Å². The molecule has 1 aromatic rings. The van der Waals surface area contributed by atoms with Crippen LogP contribution in [0.4, 0.5) is 5.69 Å². The summed E-state index contributed by atoms with van der Waals surface area (Å²) in [6.45, 7) is 3.32. The molecule has 1 rings (SSSR count). The summed E-state index contributed by atoms with van der Waals surface area (Å²) in [5, 5.41) is 8.77. The second kappa shape index (κ2) is 6.44. The Morgan fingerprint density at radius 3 is 2.72 bits per heavy atom. The predicted molar refractivity (Wildman–Crippen MR) is 75.0 cm³/mol. The first-order chi connectivity index (χ1) is 8.43. The Hall–Kier alpha value is -1.49. The van der Waals surface area contributed by atoms with Crippen LogP contribution in [0.3, 0.4) is 0 Å². The molecule has 0 heterocycles. The highest BCUT2D eigenvalue weighted by molar-refractivity contribution is 14.1. The molecule has 0 aliphatic rings. The average molecular weight is 360 g/mol. The molecule has 0 unspecified atom stereocenters. The number of hydrogen-bond donors (Lipinski definition) is 1. The number of nitrogens with zero attached hydrogens (tertiary/aromatic N) is 1. The van der Waals surface area contributed by atoms with E-state index in [1.807, 2.05) is 28.7 Å². The number of nitrogens with two attached hydrogens (primary N) is 1. The van der Waals surface area contributed by atoms with E-state index in [1.54, 1.807) is 19.9 Å². The maximum Gasteiger partial charge on any atom is 0.344 e. The van der Waals surface area contributed by atoms with Gasteiger partial charge in [0.15, 0.2) is 12.4 Å². The predicted octanol–water partition coefficient (Wildman–Crippen LogP) is 2.08. The molecule has 0 bridgehead atoms. The first kappa shape index (κ1) is 14.6. The van der Waals surface area contributed by atoms with Crippen molar-refractivity contribution >= 4 is 34.2 Å². The lowest BCUT2D eigenvalue weighted by Gasteiger charge is -2.12. The highest BCUT2D eigenvalue weighted by atomic mass is 127. The highest BCUT2D eigenvalue weighted by Gasteiger charge is 2.12. The number of nitriles is 1. The molecule has 0 saturated heterocycles. The second-order valence-corrected chi connectivity index (χ2v) is 4.98. The molecule has 6 heteroatoms. The van der Waals surface area contributed by atoms with Crippen LogP contribution in [0.15, 0.2) is 12.1 Å². The summed E-state index contributed by atoms with van der Waals surface area (Å²) in [4.78, 5) is 11.3. The fourth-order valence-corrected chi connectivity index (χ4v) is 2.06. The quantitative estimate of drug-likeness (QED) is 0.505. The lowest BCUT2D eigenvalue weighted by molar-refractivity contribution is -0.149. The first-order valence-corrected chi connectivity index (χ1v) is 6.33. The smallest absolute Gasteiger partial charge is 0.344 e. The van der Waals surface area contributed by atoms with E-state index in [4.69, 9.17) is 20.5 Å². The van der Waals surface area contributed by atoms with Crippen LogP contribution in [0.25, 0.3) is 0 Å². The highest BCUT2D eigenvalue weighted by Crippen LogP contribution is 2.29. The van der Waals surface area contributed by atoms with Crippen molar-refractivity contribution in [3.63, 3.8) is 0 Å². The molecule has 5 nitrogen and oxygen atoms in total. The summed E-state index contributed by atoms with van der Waals surface area (Å²) in [6, 6.07) is 5.14. The van der Waals surface area contributed by atoms with Gasteiger partial charge in [-0.3, -0.25) is 0 Å². The maximum absolute atomic E-state index is 11.3. The summed E-state index contributed by atoms with van der Waals surface area (Å²) in [5.41, 5.74) is 6.53. The average Bonchev–Trinajstić information content (AvgIpc) is 2.26. The molecule has 0 aliphatic carbocycles. The minimum Gasteiger partial charge on any atom is -0.479 e. The molecular formula is C12H13IN2O3. The van der Waals surface area contributed by atoms with Gasteiger partial charge in [0, 0.05) is 0 Å². The third kappa shape index (κ3) is 4.07. The van der Waals surface area contributed by atoms with E-state index in [0.29, 0.717) is 20.6 Å². The Morgan fingerprint density at radius 1 is 1.56 bits per heavy atom. The minimum absolute atomic E-state index is 0.182. The molecule has 2 N–H and O–H groups in total. The van der Waals surface area contributed by atoms with Crippen LogP contribution in [0.2, 0.25) is 0 Å². The number of nitrogen functional groups attached to an aromatic ring is 1. The zero-order valence-electron chi connectivity index (χ0n) is 10.1. The summed E-state index contributed by atoms with van der Waals surface area (Å²) in [7, 11) is 0. The van der Waals surface area contributed by atoms with Gasteiger partial charge < -0.3 is 15.2 Å². The molecule has 0 amide bonds. The Bertz CT molecular complexity index is 472. The molecule has 96 valence electrons. The lowest BCUT2D eigenvalue weighted by atomic mass is 10.2. The molecule has 0 atom stereocenters. The fraction of sp³-hybridized carbons (Fsp3) is 0.333. The SMILES string of the molecule is CC(C)OC(=O)COc1c(N)cc(C#N)cc1I. The van der Waals surface area contributed by atoms with Gasteiger partial charge in [-0.05, 0) is 48.6 Å². The van der Waals surface area contributed by atoms with E-state index in [1.165, 1.54) is 6.07 Å². The Labute approximate surface area is 119 Å². The van der Waals surface area contributed by atoms with Crippen LogP contribution in [0.1, 0.15) is 19.4 Å². The van der Waals surface area contributed by atoms with E-state index in [0.717, 1.165) is 0 Å². The summed E-state index contributed by atoms with van der Waals surface area (Å²) in [6.07, 6.45) is -0.182. The summed E-state index contributed by atoms with van der Waals surface area (Å²) in [5.74, 6) is -0.0557. The molecular weight excluding hydrogens is 347 g/mol. The maximum atomic E-state index is 11.3. The first-order valence-electron chi connectivity index (χ1n) is 5.25. The van der Waals surface area contributed by atoms with Crippen LogP contribution >= 0.6 is 22.6 Å². The third-order valence-corrected chi connectivity index (χ3v) is 2.70. The Balaban J connectivity index is 2.74. The van der Waals surface area contributed by atoms with Gasteiger partial charge in [0.1, 0.15) is 0 Å². The second-order valence-electron chi connectivity index (χ2n) is 3.82. The number of halogens is 1. The molecule has 0 saturated carbocycles. The molecule has 0 aliphatic heterocycles. The van der Waals surface area contributed by atoms with Gasteiger partial charge in [-0.25, -0.2) is 4.79 Å². The van der Waals surface area contributed by atoms with E-state index in [9.17, 15) is 4.79 Å². The Morgan fingerprint density at radius 2 is 2.22 bits per heavy atom. The van der Waals surface area contributed by atoms with Crippen LogP contribution in [-0.2, 0) is 9.53 Å². The number of anilines is 1. The van der Waals surface area contributed by atoms with Gasteiger partial charge in [0.25, 0.3) is 0 Å². The monoisotopic (exact) mass is 360 g/mol. The topological polar surface area (TPSA) is 85.3 Å². The van der Waals surface area contributed by atoms with Crippen molar-refractivity contribution in [1.29, 1.82) is 5.26 Å². The van der Waals surface area contributed by atoms with Crippen molar-refractivity contribution in [3.8, 4) is 11.8 Å². The molecule has 0 fully saturated rings. The largest absolute Gasteiger partial charge is 0.479 e. The number of esters is 1. The van der Waals surface area contributed by atoms with Gasteiger partial charge in [0.05, 0.1) is 27.0 Å². The molecule has 1 aromatic carbocycles. The van der Waals surface area contributed by atoms with E-state index in [-0.39, 0.29) is 12.7 Å². The Kier molecular flexibility index (Phi) is 5.22. The zero-order valence-corrected chi connectivity index (χ0v) is 12.2. The van der Waals surface area contributed by atoms with E-state index >= 15 is 0 Å². The molecule has 0 aromatic heterocycles. The molecule has 0 radical (unpaired) electrons. The molecule has 0 spiro atoms. The van der Waals surface area contributed by atoms with Crippen molar-refractivity contribution in [3.05, 3.63) is 21.3 Å². The van der Waals surface area contributed by atoms with Gasteiger partial charge >= 0.3 is 5.97 Å². The van der Waals surface area contributed by atoms with Crippen LogP contribution in [-0.4, -0.2) is 18.7 Å². The van der Waals surface area contributed by atoms with E-state index < -0.39 is 5.97 Å². The minimum atomic E-state index is -0.454. The number of ether oxygens (including phenoxy) is 2. The van der Waals surface area contributed by atoms with Crippen LogP contribution < -0.4 is 10.5 Å². The number of carbonyl (C=O) groups is 1. The van der Waals surface area contributed by atoms with Crippen LogP contribution in [0.5, 0.6) is 5.75 Å². The van der Waals surface area contributed by atoms with Crippen molar-refractivity contribution < 1.29 is 14.3 Å². The standard InChI is InChI=1S/C12H13IN2O3/c1-7(2)18-11(16)6-17-12-9(13)3-8(5-14)4-10(12)15/h3-4,7H,6,15H2,1-2H3. The van der Waals surface area contributed by atoms with Crippen molar-refractivity contribution in [2.45, 2.75) is 20.0 Å².